The van der Waals surface area contributed by atoms with Crippen LogP contribution >= 0.6 is 34.5 Å². The van der Waals surface area contributed by atoms with Gasteiger partial charge in [-0.2, -0.15) is 0 Å². The molecule has 21 heavy (non-hydrogen) atoms. The fraction of sp³-hybridized carbons (Fsp3) is 0.154. The Morgan fingerprint density at radius 1 is 1.24 bits per heavy atom. The van der Waals surface area contributed by atoms with E-state index in [1.54, 1.807) is 6.07 Å². The molecule has 0 radical (unpaired) electrons. The van der Waals surface area contributed by atoms with Gasteiger partial charge in [0.05, 0.1) is 10.6 Å². The lowest BCUT2D eigenvalue weighted by Crippen LogP contribution is -2.30. The first-order chi connectivity index (χ1) is 9.83. The molecule has 2 rings (SSSR count). The zero-order valence-corrected chi connectivity index (χ0v) is 14.0. The van der Waals surface area contributed by atoms with Crippen molar-refractivity contribution in [3.63, 3.8) is 0 Å². The largest absolute Gasteiger partial charge is 0.273 e. The van der Waals surface area contributed by atoms with Gasteiger partial charge in [0.15, 0.2) is 0 Å². The van der Waals surface area contributed by atoms with Gasteiger partial charge in [-0.15, -0.1) is 11.3 Å². The summed E-state index contributed by atoms with van der Waals surface area (Å²) < 4.78 is 26.4. The number of carbonyl (C=O) groups excluding carboxylic acids is 1. The zero-order chi connectivity index (χ0) is 15.6. The standard InChI is InChI=1S/C13H11Cl2NO3S2/c1-2-9-4-6-12(20-9)21(18,19)16-13(17)10-5-3-8(14)7-11(10)15/h3-7H,2H2,1H3,(H,16,17). The van der Waals surface area contributed by atoms with Crippen LogP contribution in [0.15, 0.2) is 34.5 Å². The van der Waals surface area contributed by atoms with Gasteiger partial charge < -0.3 is 0 Å². The van der Waals surface area contributed by atoms with E-state index in [9.17, 15) is 13.2 Å². The molecular formula is C13H11Cl2NO3S2. The molecule has 0 spiro atoms. The van der Waals surface area contributed by atoms with E-state index in [-0.39, 0.29) is 14.8 Å². The molecule has 0 atom stereocenters. The van der Waals surface area contributed by atoms with Gasteiger partial charge >= 0.3 is 0 Å². The summed E-state index contributed by atoms with van der Waals surface area (Å²) in [6.45, 7) is 1.92. The molecule has 0 bridgehead atoms. The SMILES string of the molecule is CCc1ccc(S(=O)(=O)NC(=O)c2ccc(Cl)cc2Cl)s1. The van der Waals surface area contributed by atoms with Crippen molar-refractivity contribution in [2.24, 2.45) is 0 Å². The molecule has 0 aliphatic carbocycles. The van der Waals surface area contributed by atoms with Gasteiger partial charge in [-0.3, -0.25) is 4.79 Å². The summed E-state index contributed by atoms with van der Waals surface area (Å²) in [7, 11) is -3.90. The summed E-state index contributed by atoms with van der Waals surface area (Å²) in [5.74, 6) is -0.789. The quantitative estimate of drug-likeness (QED) is 0.899. The molecular weight excluding hydrogens is 353 g/mol. The van der Waals surface area contributed by atoms with Crippen molar-refractivity contribution in [2.45, 2.75) is 17.6 Å². The van der Waals surface area contributed by atoms with E-state index in [0.29, 0.717) is 5.02 Å². The summed E-state index contributed by atoms with van der Waals surface area (Å²) >= 11 is 12.8. The van der Waals surface area contributed by atoms with Crippen LogP contribution in [0.2, 0.25) is 10.0 Å². The first-order valence-corrected chi connectivity index (χ1v) is 9.00. The van der Waals surface area contributed by atoms with Gasteiger partial charge in [0.1, 0.15) is 4.21 Å². The lowest BCUT2D eigenvalue weighted by Gasteiger charge is -2.06. The summed E-state index contributed by atoms with van der Waals surface area (Å²) in [5, 5.41) is 0.459. The van der Waals surface area contributed by atoms with Gasteiger partial charge in [0.25, 0.3) is 15.9 Å². The molecule has 8 heteroatoms. The van der Waals surface area contributed by atoms with Crippen LogP contribution in [0.25, 0.3) is 0 Å². The van der Waals surface area contributed by atoms with Crippen LogP contribution in [0.4, 0.5) is 0 Å². The third-order valence-electron chi connectivity index (χ3n) is 2.65. The fourth-order valence-electron chi connectivity index (χ4n) is 1.59. The number of hydrogen-bond acceptors (Lipinski definition) is 4. The highest BCUT2D eigenvalue weighted by Crippen LogP contribution is 2.24. The van der Waals surface area contributed by atoms with Crippen molar-refractivity contribution >= 4 is 50.5 Å². The summed E-state index contributed by atoms with van der Waals surface area (Å²) in [6.07, 6.45) is 0.733. The predicted octanol–water partition coefficient (Wildman–Crippen LogP) is 3.74. The van der Waals surface area contributed by atoms with Crippen molar-refractivity contribution in [3.05, 3.63) is 50.8 Å². The fourth-order valence-corrected chi connectivity index (χ4v) is 4.35. The highest BCUT2D eigenvalue weighted by molar-refractivity contribution is 7.92. The highest BCUT2D eigenvalue weighted by Gasteiger charge is 2.22. The average molecular weight is 364 g/mol. The average Bonchev–Trinajstić information content (AvgIpc) is 2.87. The Morgan fingerprint density at radius 2 is 1.95 bits per heavy atom. The number of carbonyl (C=O) groups is 1. The molecule has 0 saturated heterocycles. The van der Waals surface area contributed by atoms with Crippen LogP contribution in [0.3, 0.4) is 0 Å². The molecule has 0 saturated carbocycles. The number of amides is 1. The third-order valence-corrected chi connectivity index (χ3v) is 6.25. The maximum atomic E-state index is 12.1. The van der Waals surface area contributed by atoms with Crippen LogP contribution < -0.4 is 4.72 Å². The van der Waals surface area contributed by atoms with Crippen molar-refractivity contribution < 1.29 is 13.2 Å². The number of hydrogen-bond donors (Lipinski definition) is 1. The van der Waals surface area contributed by atoms with Gasteiger partial charge in [-0.05, 0) is 36.8 Å². The van der Waals surface area contributed by atoms with E-state index in [4.69, 9.17) is 23.2 Å². The monoisotopic (exact) mass is 363 g/mol. The Morgan fingerprint density at radius 3 is 2.52 bits per heavy atom. The van der Waals surface area contributed by atoms with Crippen LogP contribution in [0, 0.1) is 0 Å². The molecule has 0 unspecified atom stereocenters. The number of nitrogens with one attached hydrogen (secondary N) is 1. The minimum absolute atomic E-state index is 0.0527. The molecule has 1 aromatic carbocycles. The zero-order valence-electron chi connectivity index (χ0n) is 10.9. The van der Waals surface area contributed by atoms with E-state index in [1.807, 2.05) is 11.6 Å². The molecule has 0 aliphatic heterocycles. The van der Waals surface area contributed by atoms with Crippen molar-refractivity contribution in [2.75, 3.05) is 0 Å². The topological polar surface area (TPSA) is 63.2 Å². The summed E-state index contributed by atoms with van der Waals surface area (Å²) in [5.41, 5.74) is 0.0527. The number of halogens is 2. The lowest BCUT2D eigenvalue weighted by molar-refractivity contribution is 0.0981. The van der Waals surface area contributed by atoms with E-state index in [0.717, 1.165) is 22.6 Å². The predicted molar refractivity (Wildman–Crippen MR) is 84.8 cm³/mol. The van der Waals surface area contributed by atoms with Gasteiger partial charge in [-0.1, -0.05) is 30.1 Å². The van der Waals surface area contributed by atoms with Crippen LogP contribution in [-0.4, -0.2) is 14.3 Å². The molecule has 4 nitrogen and oxygen atoms in total. The first-order valence-electron chi connectivity index (χ1n) is 5.94. The number of thiophene rings is 1. The number of rotatable bonds is 4. The third kappa shape index (κ3) is 3.77. The minimum atomic E-state index is -3.90. The minimum Gasteiger partial charge on any atom is -0.268 e. The number of aryl methyl sites for hydroxylation is 1. The Bertz CT molecular complexity index is 784. The maximum Gasteiger partial charge on any atom is 0.273 e. The number of sulfonamides is 1. The Balaban J connectivity index is 2.25. The molecule has 0 aliphatic rings. The number of benzene rings is 1. The van der Waals surface area contributed by atoms with E-state index in [2.05, 4.69) is 0 Å². The van der Waals surface area contributed by atoms with Crippen molar-refractivity contribution in [1.82, 2.24) is 4.72 Å². The lowest BCUT2D eigenvalue weighted by atomic mass is 10.2. The second-order valence-corrected chi connectivity index (χ2v) is 8.05. The molecule has 112 valence electrons. The summed E-state index contributed by atoms with van der Waals surface area (Å²) in [6, 6.07) is 7.42. The molecule has 1 heterocycles. The second kappa shape index (κ2) is 6.36. The molecule has 1 N–H and O–H groups in total. The van der Waals surface area contributed by atoms with Crippen LogP contribution in [-0.2, 0) is 16.4 Å². The van der Waals surface area contributed by atoms with Gasteiger partial charge in [0.2, 0.25) is 0 Å². The molecule has 1 aromatic heterocycles. The van der Waals surface area contributed by atoms with E-state index < -0.39 is 15.9 Å². The van der Waals surface area contributed by atoms with Crippen LogP contribution in [0.5, 0.6) is 0 Å². The van der Waals surface area contributed by atoms with Crippen molar-refractivity contribution in [1.29, 1.82) is 0 Å². The Kier molecular flexibility index (Phi) is 4.93. The smallest absolute Gasteiger partial charge is 0.268 e. The van der Waals surface area contributed by atoms with Crippen LogP contribution in [0.1, 0.15) is 22.2 Å². The normalized spacial score (nSPS) is 11.4. The maximum absolute atomic E-state index is 12.1. The van der Waals surface area contributed by atoms with E-state index >= 15 is 0 Å². The van der Waals surface area contributed by atoms with Gasteiger partial charge in [0, 0.05) is 9.90 Å². The summed E-state index contributed by atoms with van der Waals surface area (Å²) in [4.78, 5) is 13.0. The molecule has 0 fully saturated rings. The second-order valence-electron chi connectivity index (χ2n) is 4.13. The molecule has 1 amide bonds. The Labute approximate surface area is 136 Å². The highest BCUT2D eigenvalue weighted by atomic mass is 35.5. The van der Waals surface area contributed by atoms with Crippen molar-refractivity contribution in [3.8, 4) is 0 Å². The Hall–Kier alpha value is -1.08. The first kappa shape index (κ1) is 16.3. The van der Waals surface area contributed by atoms with Gasteiger partial charge in [-0.25, -0.2) is 13.1 Å². The van der Waals surface area contributed by atoms with E-state index in [1.165, 1.54) is 24.3 Å². The molecule has 2 aromatic rings.